The third-order valence-corrected chi connectivity index (χ3v) is 5.98. The molecule has 1 aliphatic heterocycles. The van der Waals surface area contributed by atoms with Gasteiger partial charge in [-0.3, -0.25) is 0 Å². The Morgan fingerprint density at radius 2 is 1.77 bits per heavy atom. The van der Waals surface area contributed by atoms with Gasteiger partial charge in [-0.05, 0) is 87.6 Å². The molecule has 1 aliphatic rings. The highest BCUT2D eigenvalue weighted by atomic mass is 79.9. The predicted octanol–water partition coefficient (Wildman–Crippen LogP) is 6.65. The van der Waals surface area contributed by atoms with Crippen molar-refractivity contribution in [2.45, 2.75) is 45.1 Å². The van der Waals surface area contributed by atoms with Crippen LogP contribution in [0.5, 0.6) is 0 Å². The van der Waals surface area contributed by atoms with Crippen LogP contribution in [0.1, 0.15) is 45.1 Å². The number of benzene rings is 2. The topological polar surface area (TPSA) is 34.5 Å². The Bertz CT molecular complexity index is 1060. The molecule has 1 fully saturated rings. The number of likely N-dealkylation sites (tertiary alicyclic amines) is 1. The minimum absolute atomic E-state index is 0.238. The van der Waals surface area contributed by atoms with Gasteiger partial charge in [0.25, 0.3) is 0 Å². The van der Waals surface area contributed by atoms with E-state index in [1.54, 1.807) is 17.0 Å². The van der Waals surface area contributed by atoms with Gasteiger partial charge >= 0.3 is 6.09 Å². The zero-order valence-corrected chi connectivity index (χ0v) is 19.1. The van der Waals surface area contributed by atoms with Gasteiger partial charge in [0.05, 0.1) is 5.52 Å². The van der Waals surface area contributed by atoms with Crippen LogP contribution in [0.25, 0.3) is 16.6 Å². The number of fused-ring (bicyclic) bond motifs is 1. The molecule has 4 rings (SSSR count). The number of halogens is 2. The Hall–Kier alpha value is -2.34. The summed E-state index contributed by atoms with van der Waals surface area (Å²) in [7, 11) is 0. The molecule has 1 aromatic heterocycles. The standard InChI is InChI=1S/C24H26BrFN2O2/c1-24(2,3)30-23(29)27-12-10-16(11-13-27)21-15-28(19-7-5-18(26)6-8-19)22-9-4-17(25)14-20(21)22/h4-9,14-16H,10-13H2,1-3H3. The molecule has 6 heteroatoms. The zero-order chi connectivity index (χ0) is 21.5. The lowest BCUT2D eigenvalue weighted by Gasteiger charge is -2.33. The summed E-state index contributed by atoms with van der Waals surface area (Å²) in [6.45, 7) is 7.02. The van der Waals surface area contributed by atoms with E-state index in [-0.39, 0.29) is 11.9 Å². The van der Waals surface area contributed by atoms with Crippen molar-refractivity contribution in [3.05, 3.63) is 64.5 Å². The van der Waals surface area contributed by atoms with E-state index >= 15 is 0 Å². The molecule has 0 spiro atoms. The van der Waals surface area contributed by atoms with Crippen LogP contribution in [0.3, 0.4) is 0 Å². The molecule has 0 aliphatic carbocycles. The molecule has 0 unspecified atom stereocenters. The molecular weight excluding hydrogens is 447 g/mol. The smallest absolute Gasteiger partial charge is 0.410 e. The molecule has 4 nitrogen and oxygen atoms in total. The van der Waals surface area contributed by atoms with Gasteiger partial charge in [0.1, 0.15) is 11.4 Å². The molecule has 2 aromatic carbocycles. The zero-order valence-electron chi connectivity index (χ0n) is 17.5. The van der Waals surface area contributed by atoms with Crippen molar-refractivity contribution in [2.24, 2.45) is 0 Å². The van der Waals surface area contributed by atoms with Gasteiger partial charge in [-0.2, -0.15) is 0 Å². The summed E-state index contributed by atoms with van der Waals surface area (Å²) in [5, 5.41) is 1.18. The lowest BCUT2D eigenvalue weighted by molar-refractivity contribution is 0.0205. The first-order chi connectivity index (χ1) is 14.2. The second kappa shape index (κ2) is 8.06. The highest BCUT2D eigenvalue weighted by molar-refractivity contribution is 9.10. The second-order valence-electron chi connectivity index (χ2n) is 8.83. The average molecular weight is 473 g/mol. The van der Waals surface area contributed by atoms with Gasteiger partial charge in [0, 0.05) is 34.8 Å². The third kappa shape index (κ3) is 4.38. The predicted molar refractivity (Wildman–Crippen MR) is 121 cm³/mol. The molecule has 3 aromatic rings. The molecule has 30 heavy (non-hydrogen) atoms. The number of amides is 1. The average Bonchev–Trinajstić information content (AvgIpc) is 3.06. The fourth-order valence-electron chi connectivity index (χ4n) is 4.07. The second-order valence-corrected chi connectivity index (χ2v) is 9.75. The normalized spacial score (nSPS) is 15.6. The van der Waals surface area contributed by atoms with E-state index in [1.807, 2.05) is 26.8 Å². The summed E-state index contributed by atoms with van der Waals surface area (Å²) in [5.41, 5.74) is 2.80. The summed E-state index contributed by atoms with van der Waals surface area (Å²) in [4.78, 5) is 14.2. The molecule has 1 saturated heterocycles. The lowest BCUT2D eigenvalue weighted by Crippen LogP contribution is -2.41. The molecule has 2 heterocycles. The Morgan fingerprint density at radius 1 is 1.10 bits per heavy atom. The van der Waals surface area contributed by atoms with Crippen LogP contribution in [-0.2, 0) is 4.74 Å². The van der Waals surface area contributed by atoms with E-state index < -0.39 is 5.60 Å². The van der Waals surface area contributed by atoms with Crippen LogP contribution >= 0.6 is 15.9 Å². The number of hydrogen-bond donors (Lipinski definition) is 0. The highest BCUT2D eigenvalue weighted by Crippen LogP contribution is 2.37. The van der Waals surface area contributed by atoms with Crippen molar-refractivity contribution in [2.75, 3.05) is 13.1 Å². The number of nitrogens with zero attached hydrogens (tertiary/aromatic N) is 2. The Kier molecular flexibility index (Phi) is 5.62. The highest BCUT2D eigenvalue weighted by Gasteiger charge is 2.29. The van der Waals surface area contributed by atoms with Crippen LogP contribution in [0, 0.1) is 5.82 Å². The SMILES string of the molecule is CC(C)(C)OC(=O)N1CCC(c2cn(-c3ccc(F)cc3)c3ccc(Br)cc23)CC1. The molecule has 0 atom stereocenters. The Morgan fingerprint density at radius 3 is 2.40 bits per heavy atom. The monoisotopic (exact) mass is 472 g/mol. The van der Waals surface area contributed by atoms with E-state index in [2.05, 4.69) is 38.8 Å². The quantitative estimate of drug-likeness (QED) is 0.418. The summed E-state index contributed by atoms with van der Waals surface area (Å²) in [6.07, 6.45) is 3.69. The maximum absolute atomic E-state index is 13.4. The van der Waals surface area contributed by atoms with Crippen LogP contribution in [-0.4, -0.2) is 34.3 Å². The third-order valence-electron chi connectivity index (χ3n) is 5.49. The fraction of sp³-hybridized carbons (Fsp3) is 0.375. The lowest BCUT2D eigenvalue weighted by atomic mass is 9.89. The van der Waals surface area contributed by atoms with Crippen molar-refractivity contribution in [3.63, 3.8) is 0 Å². The van der Waals surface area contributed by atoms with Crippen LogP contribution in [0.15, 0.2) is 53.1 Å². The Balaban J connectivity index is 1.61. The number of carbonyl (C=O) groups is 1. The maximum Gasteiger partial charge on any atom is 0.410 e. The van der Waals surface area contributed by atoms with Gasteiger partial charge in [0.2, 0.25) is 0 Å². The van der Waals surface area contributed by atoms with Crippen LogP contribution in [0.2, 0.25) is 0 Å². The molecule has 0 saturated carbocycles. The number of carbonyl (C=O) groups excluding carboxylic acids is 1. The van der Waals surface area contributed by atoms with E-state index in [1.165, 1.54) is 23.1 Å². The minimum Gasteiger partial charge on any atom is -0.444 e. The molecule has 0 bridgehead atoms. The fourth-order valence-corrected chi connectivity index (χ4v) is 4.43. The van der Waals surface area contributed by atoms with Crippen molar-refractivity contribution >= 4 is 32.9 Å². The first-order valence-electron chi connectivity index (χ1n) is 10.3. The summed E-state index contributed by atoms with van der Waals surface area (Å²) < 4.78 is 22.1. The number of aromatic nitrogens is 1. The first-order valence-corrected chi connectivity index (χ1v) is 11.0. The summed E-state index contributed by atoms with van der Waals surface area (Å²) >= 11 is 3.59. The van der Waals surface area contributed by atoms with Gasteiger partial charge in [-0.1, -0.05) is 15.9 Å². The van der Waals surface area contributed by atoms with E-state index in [4.69, 9.17) is 4.74 Å². The van der Waals surface area contributed by atoms with Gasteiger partial charge in [-0.15, -0.1) is 0 Å². The molecule has 0 radical (unpaired) electrons. The number of ether oxygens (including phenoxy) is 1. The van der Waals surface area contributed by atoms with Crippen LogP contribution in [0.4, 0.5) is 9.18 Å². The number of piperidine rings is 1. The number of rotatable bonds is 2. The minimum atomic E-state index is -0.483. The van der Waals surface area contributed by atoms with E-state index in [0.29, 0.717) is 19.0 Å². The molecular formula is C24H26BrFN2O2. The maximum atomic E-state index is 13.4. The van der Waals surface area contributed by atoms with E-state index in [0.717, 1.165) is 28.5 Å². The summed E-state index contributed by atoms with van der Waals surface area (Å²) in [6, 6.07) is 12.8. The van der Waals surface area contributed by atoms with E-state index in [9.17, 15) is 9.18 Å². The van der Waals surface area contributed by atoms with Crippen molar-refractivity contribution in [3.8, 4) is 5.69 Å². The first kappa shape index (κ1) is 20.9. The molecule has 158 valence electrons. The van der Waals surface area contributed by atoms with Crippen molar-refractivity contribution < 1.29 is 13.9 Å². The number of hydrogen-bond acceptors (Lipinski definition) is 2. The Labute approximate surface area is 184 Å². The van der Waals surface area contributed by atoms with Crippen molar-refractivity contribution in [1.29, 1.82) is 0 Å². The van der Waals surface area contributed by atoms with Gasteiger partial charge in [0.15, 0.2) is 0 Å². The van der Waals surface area contributed by atoms with Gasteiger partial charge < -0.3 is 14.2 Å². The molecule has 1 amide bonds. The summed E-state index contributed by atoms with van der Waals surface area (Å²) in [5.74, 6) is 0.106. The molecule has 0 N–H and O–H groups in total. The van der Waals surface area contributed by atoms with Crippen LogP contribution < -0.4 is 0 Å². The van der Waals surface area contributed by atoms with Crippen molar-refractivity contribution in [1.82, 2.24) is 9.47 Å². The largest absolute Gasteiger partial charge is 0.444 e. The van der Waals surface area contributed by atoms with Gasteiger partial charge in [-0.25, -0.2) is 9.18 Å².